The Hall–Kier alpha value is -3.91. The molecule has 0 atom stereocenters. The molecule has 2 heterocycles. The van der Waals surface area contributed by atoms with Gasteiger partial charge in [0.2, 0.25) is 0 Å². The van der Waals surface area contributed by atoms with Crippen LogP contribution in [0.25, 0.3) is 44.5 Å². The number of fused-ring (bicyclic) bond motifs is 5. The average molecular weight is 723 g/mol. The van der Waals surface area contributed by atoms with Crippen LogP contribution < -0.4 is 0 Å². The van der Waals surface area contributed by atoms with E-state index in [4.69, 9.17) is 4.98 Å². The van der Waals surface area contributed by atoms with Crippen molar-refractivity contribution in [2.75, 3.05) is 0 Å². The van der Waals surface area contributed by atoms with Crippen LogP contribution in [0.3, 0.4) is 0 Å². The van der Waals surface area contributed by atoms with E-state index < -0.39 is 0 Å². The number of benzene rings is 4. The van der Waals surface area contributed by atoms with Gasteiger partial charge in [0.15, 0.2) is 0 Å². The minimum atomic E-state index is -0.0535. The van der Waals surface area contributed by atoms with Gasteiger partial charge in [-0.2, -0.15) is 0 Å². The molecule has 0 bridgehead atoms. The van der Waals surface area contributed by atoms with E-state index in [2.05, 4.69) is 125 Å². The predicted octanol–water partition coefficient (Wildman–Crippen LogP) is 9.79. The third-order valence-corrected chi connectivity index (χ3v) is 7.87. The molecule has 42 heavy (non-hydrogen) atoms. The Labute approximate surface area is 263 Å². The van der Waals surface area contributed by atoms with Gasteiger partial charge in [-0.3, -0.25) is 4.98 Å². The summed E-state index contributed by atoms with van der Waals surface area (Å²) in [6.45, 7) is 13.0. The summed E-state index contributed by atoms with van der Waals surface area (Å²) in [5.41, 5.74) is 15.2. The maximum Gasteiger partial charge on any atom is 0.0598 e. The van der Waals surface area contributed by atoms with E-state index in [0.717, 1.165) is 39.3 Å². The largest absolute Gasteiger partial charge is 0.302 e. The van der Waals surface area contributed by atoms with Crippen LogP contribution in [0.5, 0.6) is 0 Å². The van der Waals surface area contributed by atoms with Crippen molar-refractivity contribution in [3.05, 3.63) is 143 Å². The molecule has 0 amide bonds. The SMILES string of the molecule is Cc1[c-]c(-c2nc3ccccc3c3c2-c2ccccc2C3(C)C)cc(C)c1.Cc1cc(C)nc(-c2[c-]cccc2)c1.[Ir]. The molecule has 0 fully saturated rings. The van der Waals surface area contributed by atoms with Crippen LogP contribution in [0.1, 0.15) is 47.4 Å². The van der Waals surface area contributed by atoms with Gasteiger partial charge in [0.25, 0.3) is 0 Å². The minimum absolute atomic E-state index is 0. The second-order valence-corrected chi connectivity index (χ2v) is 11.6. The van der Waals surface area contributed by atoms with Gasteiger partial charge in [0.1, 0.15) is 0 Å². The van der Waals surface area contributed by atoms with Crippen molar-refractivity contribution in [2.24, 2.45) is 0 Å². The van der Waals surface area contributed by atoms with E-state index in [1.807, 2.05) is 31.2 Å². The number of rotatable bonds is 2. The molecule has 1 aliphatic rings. The van der Waals surface area contributed by atoms with Crippen molar-refractivity contribution >= 4 is 10.9 Å². The molecule has 0 spiro atoms. The molecule has 211 valence electrons. The molecule has 0 saturated heterocycles. The fourth-order valence-electron chi connectivity index (χ4n) is 6.25. The minimum Gasteiger partial charge on any atom is -0.302 e. The van der Waals surface area contributed by atoms with E-state index in [9.17, 15) is 0 Å². The van der Waals surface area contributed by atoms with E-state index in [1.165, 1.54) is 38.8 Å². The van der Waals surface area contributed by atoms with Gasteiger partial charge in [0.05, 0.1) is 5.52 Å². The first-order valence-corrected chi connectivity index (χ1v) is 14.2. The van der Waals surface area contributed by atoms with Crippen LogP contribution in [-0.2, 0) is 25.5 Å². The number of aryl methyl sites for hydroxylation is 4. The van der Waals surface area contributed by atoms with Gasteiger partial charge in [-0.25, -0.2) is 0 Å². The summed E-state index contributed by atoms with van der Waals surface area (Å²) >= 11 is 0. The molecule has 2 nitrogen and oxygen atoms in total. The number of para-hydroxylation sites is 1. The number of hydrogen-bond donors (Lipinski definition) is 0. The molecular formula is C39H34IrN2-2. The summed E-state index contributed by atoms with van der Waals surface area (Å²) < 4.78 is 0. The third-order valence-electron chi connectivity index (χ3n) is 7.87. The molecule has 0 N–H and O–H groups in total. The van der Waals surface area contributed by atoms with Crippen molar-refractivity contribution in [2.45, 2.75) is 47.0 Å². The normalized spacial score (nSPS) is 12.5. The average Bonchev–Trinajstić information content (AvgIpc) is 3.20. The molecular weight excluding hydrogens is 689 g/mol. The van der Waals surface area contributed by atoms with Crippen molar-refractivity contribution in [3.63, 3.8) is 0 Å². The van der Waals surface area contributed by atoms with Crippen molar-refractivity contribution in [1.82, 2.24) is 9.97 Å². The summed E-state index contributed by atoms with van der Waals surface area (Å²) in [6, 6.07) is 40.5. The molecule has 0 aliphatic heterocycles. The van der Waals surface area contributed by atoms with Crippen LogP contribution in [0.4, 0.5) is 0 Å². The van der Waals surface area contributed by atoms with Crippen LogP contribution in [-0.4, -0.2) is 9.97 Å². The van der Waals surface area contributed by atoms with Crippen molar-refractivity contribution < 1.29 is 20.1 Å². The van der Waals surface area contributed by atoms with Crippen LogP contribution in [0, 0.1) is 39.8 Å². The van der Waals surface area contributed by atoms with Gasteiger partial charge < -0.3 is 4.98 Å². The Kier molecular flexibility index (Phi) is 8.28. The first kappa shape index (κ1) is 29.6. The molecule has 1 radical (unpaired) electrons. The Morgan fingerprint density at radius 3 is 2.14 bits per heavy atom. The maximum absolute atomic E-state index is 5.13. The number of aromatic nitrogens is 2. The summed E-state index contributed by atoms with van der Waals surface area (Å²) in [5.74, 6) is 0. The van der Waals surface area contributed by atoms with Crippen LogP contribution in [0.15, 0.2) is 97.1 Å². The number of pyridine rings is 2. The van der Waals surface area contributed by atoms with Crippen LogP contribution in [0.2, 0.25) is 0 Å². The van der Waals surface area contributed by atoms with E-state index in [1.54, 1.807) is 0 Å². The first-order chi connectivity index (χ1) is 19.7. The smallest absolute Gasteiger partial charge is 0.0598 e. The summed E-state index contributed by atoms with van der Waals surface area (Å²) in [4.78, 5) is 9.61. The summed E-state index contributed by atoms with van der Waals surface area (Å²) in [6.07, 6.45) is 0. The standard InChI is InChI=1S/C26H22N.C13H12N.Ir/c1-16-13-17(2)15-18(14-16)25-23-19-9-5-7-11-21(19)26(3,4)24(23)20-10-6-8-12-22(20)27-25;1-10-8-11(2)14-13(9-10)12-6-4-3-5-7-12;/h5-14H,1-4H3;3-6,8-9H,1-2H3;/q2*-1;. The molecule has 1 aliphatic carbocycles. The zero-order chi connectivity index (χ0) is 28.7. The third kappa shape index (κ3) is 5.47. The number of hydrogen-bond acceptors (Lipinski definition) is 2. The van der Waals surface area contributed by atoms with Gasteiger partial charge in [-0.1, -0.05) is 81.8 Å². The maximum atomic E-state index is 5.13. The second kappa shape index (κ2) is 11.8. The first-order valence-electron chi connectivity index (χ1n) is 14.2. The Balaban J connectivity index is 0.000000200. The quantitative estimate of drug-likeness (QED) is 0.166. The fourth-order valence-corrected chi connectivity index (χ4v) is 6.25. The van der Waals surface area contributed by atoms with Crippen molar-refractivity contribution in [3.8, 4) is 33.6 Å². The summed E-state index contributed by atoms with van der Waals surface area (Å²) in [7, 11) is 0. The Morgan fingerprint density at radius 2 is 1.40 bits per heavy atom. The second-order valence-electron chi connectivity index (χ2n) is 11.6. The van der Waals surface area contributed by atoms with Gasteiger partial charge in [0, 0.05) is 36.6 Å². The van der Waals surface area contributed by atoms with E-state index in [0.29, 0.717) is 0 Å². The van der Waals surface area contributed by atoms with Crippen LogP contribution >= 0.6 is 0 Å². The van der Waals surface area contributed by atoms with Gasteiger partial charge >= 0.3 is 0 Å². The molecule has 4 aromatic carbocycles. The molecule has 0 saturated carbocycles. The number of nitrogens with zero attached hydrogens (tertiary/aromatic N) is 2. The van der Waals surface area contributed by atoms with E-state index in [-0.39, 0.29) is 25.5 Å². The van der Waals surface area contributed by atoms with Gasteiger partial charge in [-0.15, -0.1) is 70.8 Å². The zero-order valence-electron chi connectivity index (χ0n) is 25.0. The molecule has 0 unspecified atom stereocenters. The Bertz CT molecular complexity index is 1860. The topological polar surface area (TPSA) is 25.8 Å². The summed E-state index contributed by atoms with van der Waals surface area (Å²) in [5, 5.41) is 1.25. The molecule has 3 heteroatoms. The fraction of sp³-hybridized carbons (Fsp3) is 0.179. The molecule has 2 aromatic heterocycles. The van der Waals surface area contributed by atoms with E-state index >= 15 is 0 Å². The van der Waals surface area contributed by atoms with Crippen molar-refractivity contribution in [1.29, 1.82) is 0 Å². The zero-order valence-corrected chi connectivity index (χ0v) is 27.4. The van der Waals surface area contributed by atoms with Gasteiger partial charge in [-0.05, 0) is 59.6 Å². The molecule has 6 aromatic rings. The molecule has 7 rings (SSSR count). The predicted molar refractivity (Wildman–Crippen MR) is 171 cm³/mol. The monoisotopic (exact) mass is 723 g/mol. The Morgan fingerprint density at radius 1 is 0.690 bits per heavy atom.